The van der Waals surface area contributed by atoms with E-state index in [1.165, 1.54) is 17.5 Å². The Morgan fingerprint density at radius 1 is 0.909 bits per heavy atom. The molecule has 0 unspecified atom stereocenters. The Labute approximate surface area is 203 Å². The van der Waals surface area contributed by atoms with E-state index >= 15 is 0 Å². The third-order valence-corrected chi connectivity index (χ3v) is 5.72. The molecule has 0 saturated heterocycles. The van der Waals surface area contributed by atoms with Gasteiger partial charge in [0.25, 0.3) is 0 Å². The van der Waals surface area contributed by atoms with Gasteiger partial charge in [-0.15, -0.1) is 0 Å². The molecule has 4 aromatic rings. The number of carboxylic acids is 2. The standard InChI is InChI=1S/C12H11NO3S.C11H7NO2S2/c1-6-3-7(16-2)4-8-11(6)10(17)5-9(13-8)12(14)15;13-11(14)9-4-10(16)7-2-1-6(5-15)3-8(7)12-9/h3-5H,1-2H3,(H,13,17)(H,14,15);1-5H,(H,12,16)(H,13,14). The highest BCUT2D eigenvalue weighted by molar-refractivity contribution is 7.79. The first-order chi connectivity index (χ1) is 15.6. The van der Waals surface area contributed by atoms with Gasteiger partial charge in [-0.05, 0) is 42.3 Å². The number of rotatable bonds is 4. The molecule has 168 valence electrons. The first-order valence-corrected chi connectivity index (χ1v) is 10.7. The molecule has 0 fully saturated rings. The summed E-state index contributed by atoms with van der Waals surface area (Å²) in [5.41, 5.74) is 3.32. The molecule has 0 radical (unpaired) electrons. The van der Waals surface area contributed by atoms with Crippen LogP contribution in [0.5, 0.6) is 5.75 Å². The molecule has 0 bridgehead atoms. The zero-order valence-electron chi connectivity index (χ0n) is 17.5. The number of pyridine rings is 2. The van der Waals surface area contributed by atoms with E-state index in [0.717, 1.165) is 21.9 Å². The number of hydrogen-bond acceptors (Lipinski definition) is 6. The molecule has 2 aromatic heterocycles. The molecule has 0 aliphatic rings. The summed E-state index contributed by atoms with van der Waals surface area (Å²) < 4.78 is 6.18. The van der Waals surface area contributed by atoms with Gasteiger partial charge in [0.05, 0.1) is 12.6 Å². The van der Waals surface area contributed by atoms with Crippen molar-refractivity contribution in [3.8, 4) is 5.75 Å². The number of benzene rings is 2. The minimum Gasteiger partial charge on any atom is -0.497 e. The van der Waals surface area contributed by atoms with Gasteiger partial charge in [-0.3, -0.25) is 0 Å². The van der Waals surface area contributed by atoms with Crippen LogP contribution in [0.4, 0.5) is 0 Å². The SMILES string of the molecule is COc1cc(C)c2c(=S)cc(C(=O)O)[nH]c2c1.O=C(O)c1cc(=S)c2ccc(C=S)cc2[nH]1. The summed E-state index contributed by atoms with van der Waals surface area (Å²) in [5.74, 6) is -1.39. The molecule has 2 heterocycles. The van der Waals surface area contributed by atoms with Gasteiger partial charge in [-0.1, -0.05) is 48.8 Å². The molecule has 0 saturated carbocycles. The smallest absolute Gasteiger partial charge is 0.352 e. The fourth-order valence-electron chi connectivity index (χ4n) is 3.26. The zero-order valence-corrected chi connectivity index (χ0v) is 19.9. The number of ether oxygens (including phenoxy) is 1. The van der Waals surface area contributed by atoms with Gasteiger partial charge < -0.3 is 24.9 Å². The van der Waals surface area contributed by atoms with Crippen LogP contribution in [0.15, 0.2) is 42.5 Å². The van der Waals surface area contributed by atoms with E-state index in [0.29, 0.717) is 25.8 Å². The molecule has 0 aliphatic carbocycles. The number of carboxylic acid groups (broad SMARTS) is 2. The molecule has 0 aliphatic heterocycles. The third-order valence-electron chi connectivity index (χ3n) is 4.79. The number of hydrogen-bond donors (Lipinski definition) is 4. The number of aromatic amines is 2. The highest BCUT2D eigenvalue weighted by Gasteiger charge is 2.09. The second-order valence-corrected chi connectivity index (χ2v) is 8.11. The number of aryl methyl sites for hydroxylation is 1. The summed E-state index contributed by atoms with van der Waals surface area (Å²) in [6, 6.07) is 12.0. The maximum atomic E-state index is 10.9. The van der Waals surface area contributed by atoms with Crippen molar-refractivity contribution in [1.29, 1.82) is 0 Å². The van der Waals surface area contributed by atoms with Gasteiger partial charge in [0, 0.05) is 36.7 Å². The maximum Gasteiger partial charge on any atom is 0.352 e. The zero-order chi connectivity index (χ0) is 24.3. The molecule has 10 heteroatoms. The molecule has 0 atom stereocenters. The fourth-order valence-corrected chi connectivity index (χ4v) is 4.09. The Morgan fingerprint density at radius 2 is 1.52 bits per heavy atom. The number of methoxy groups -OCH3 is 1. The Morgan fingerprint density at radius 3 is 2.09 bits per heavy atom. The monoisotopic (exact) mass is 498 g/mol. The van der Waals surface area contributed by atoms with Gasteiger partial charge >= 0.3 is 11.9 Å². The Kier molecular flexibility index (Phi) is 7.32. The van der Waals surface area contributed by atoms with E-state index in [4.69, 9.17) is 51.6 Å². The van der Waals surface area contributed by atoms with E-state index in [1.54, 1.807) is 19.2 Å². The predicted molar refractivity (Wildman–Crippen MR) is 136 cm³/mol. The number of H-pyrrole nitrogens is 2. The summed E-state index contributed by atoms with van der Waals surface area (Å²) in [7, 11) is 1.57. The van der Waals surface area contributed by atoms with Crippen molar-refractivity contribution in [3.63, 3.8) is 0 Å². The van der Waals surface area contributed by atoms with Crippen molar-refractivity contribution in [3.05, 3.63) is 74.0 Å². The number of aromatic carboxylic acids is 2. The van der Waals surface area contributed by atoms with E-state index in [2.05, 4.69) is 9.97 Å². The van der Waals surface area contributed by atoms with Crippen LogP contribution >= 0.6 is 36.7 Å². The number of aromatic nitrogens is 2. The highest BCUT2D eigenvalue weighted by Crippen LogP contribution is 2.25. The summed E-state index contributed by atoms with van der Waals surface area (Å²) in [4.78, 5) is 27.4. The van der Waals surface area contributed by atoms with Crippen LogP contribution in [0.25, 0.3) is 21.8 Å². The van der Waals surface area contributed by atoms with Crippen molar-refractivity contribution >= 4 is 75.8 Å². The lowest BCUT2D eigenvalue weighted by Crippen LogP contribution is -2.01. The van der Waals surface area contributed by atoms with Gasteiger partial charge in [0.1, 0.15) is 17.1 Å². The van der Waals surface area contributed by atoms with Crippen molar-refractivity contribution < 1.29 is 24.5 Å². The molecular weight excluding hydrogens is 480 g/mol. The van der Waals surface area contributed by atoms with Crippen molar-refractivity contribution in [2.24, 2.45) is 0 Å². The van der Waals surface area contributed by atoms with Gasteiger partial charge in [0.15, 0.2) is 0 Å². The Hall–Kier alpha value is -3.47. The van der Waals surface area contributed by atoms with Crippen LogP contribution in [-0.2, 0) is 0 Å². The van der Waals surface area contributed by atoms with Crippen LogP contribution in [0.3, 0.4) is 0 Å². The highest BCUT2D eigenvalue weighted by atomic mass is 32.1. The second-order valence-electron chi connectivity index (χ2n) is 6.99. The summed E-state index contributed by atoms with van der Waals surface area (Å²) in [6.45, 7) is 1.91. The van der Waals surface area contributed by atoms with Gasteiger partial charge in [-0.2, -0.15) is 0 Å². The van der Waals surface area contributed by atoms with Crippen molar-refractivity contribution in [2.45, 2.75) is 6.92 Å². The average molecular weight is 499 g/mol. The van der Waals surface area contributed by atoms with E-state index in [1.807, 2.05) is 25.1 Å². The molecule has 33 heavy (non-hydrogen) atoms. The maximum absolute atomic E-state index is 10.9. The minimum atomic E-state index is -1.03. The summed E-state index contributed by atoms with van der Waals surface area (Å²) in [6.07, 6.45) is 0. The Balaban J connectivity index is 0.000000186. The molecular formula is C23H18N2O5S3. The number of carbonyl (C=O) groups is 2. The Bertz CT molecular complexity index is 1540. The quantitative estimate of drug-likeness (QED) is 0.259. The normalized spacial score (nSPS) is 10.4. The van der Waals surface area contributed by atoms with Crippen LogP contribution < -0.4 is 4.74 Å². The summed E-state index contributed by atoms with van der Waals surface area (Å²) >= 11 is 15.1. The van der Waals surface area contributed by atoms with Crippen LogP contribution in [0.1, 0.15) is 32.1 Å². The first kappa shape index (κ1) is 24.2. The molecule has 0 amide bonds. The fraction of sp³-hybridized carbons (Fsp3) is 0.0870. The van der Waals surface area contributed by atoms with Gasteiger partial charge in [-0.25, -0.2) is 9.59 Å². The lowest BCUT2D eigenvalue weighted by Gasteiger charge is -2.07. The first-order valence-electron chi connectivity index (χ1n) is 9.45. The number of fused-ring (bicyclic) bond motifs is 2. The van der Waals surface area contributed by atoms with E-state index in [-0.39, 0.29) is 11.4 Å². The predicted octanol–water partition coefficient (Wildman–Crippen LogP) is 5.86. The van der Waals surface area contributed by atoms with E-state index in [9.17, 15) is 9.59 Å². The molecule has 4 N–H and O–H groups in total. The summed E-state index contributed by atoms with van der Waals surface area (Å²) in [5, 5.41) is 21.0. The lowest BCUT2D eigenvalue weighted by atomic mass is 10.1. The van der Waals surface area contributed by atoms with Crippen molar-refractivity contribution in [2.75, 3.05) is 7.11 Å². The number of nitrogens with one attached hydrogen (secondary N) is 2. The van der Waals surface area contributed by atoms with Crippen LogP contribution in [0.2, 0.25) is 0 Å². The van der Waals surface area contributed by atoms with E-state index < -0.39 is 11.9 Å². The largest absolute Gasteiger partial charge is 0.497 e. The second kappa shape index (κ2) is 9.99. The average Bonchev–Trinajstić information content (AvgIpc) is 2.78. The molecule has 0 spiro atoms. The van der Waals surface area contributed by atoms with Crippen molar-refractivity contribution in [1.82, 2.24) is 9.97 Å². The molecule has 2 aromatic carbocycles. The van der Waals surface area contributed by atoms with Crippen LogP contribution in [0, 0.1) is 15.9 Å². The van der Waals surface area contributed by atoms with Crippen LogP contribution in [-0.4, -0.2) is 44.6 Å². The third kappa shape index (κ3) is 5.30. The van der Waals surface area contributed by atoms with Gasteiger partial charge in [0.2, 0.25) is 0 Å². The topological polar surface area (TPSA) is 115 Å². The molecule has 4 rings (SSSR count). The minimum absolute atomic E-state index is 0.0788. The lowest BCUT2D eigenvalue weighted by molar-refractivity contribution is 0.0680. The molecule has 7 nitrogen and oxygen atoms in total. The number of thiocarbonyl (C=S) groups is 1.